The first-order chi connectivity index (χ1) is 25.8. The maximum Gasteiger partial charge on any atom is 0.235 e. The second-order valence-corrected chi connectivity index (χ2v) is 13.8. The molecule has 0 radical (unpaired) electrons. The zero-order valence-corrected chi connectivity index (χ0v) is 28.3. The Morgan fingerprint density at radius 3 is 2.04 bits per heavy atom. The van der Waals surface area contributed by atoms with Crippen LogP contribution in [0.2, 0.25) is 0 Å². The van der Waals surface area contributed by atoms with Crippen LogP contribution in [0.15, 0.2) is 170 Å². The molecule has 0 spiro atoms. The molecular formula is C48H32N4. The van der Waals surface area contributed by atoms with E-state index in [1.165, 1.54) is 55.0 Å². The molecule has 0 saturated heterocycles. The van der Waals surface area contributed by atoms with E-state index in [1.807, 2.05) is 6.07 Å². The fourth-order valence-corrected chi connectivity index (χ4v) is 8.54. The van der Waals surface area contributed by atoms with Crippen molar-refractivity contribution in [1.82, 2.24) is 19.1 Å². The predicted octanol–water partition coefficient (Wildman–Crippen LogP) is 11.8. The monoisotopic (exact) mass is 664 g/mol. The lowest BCUT2D eigenvalue weighted by Gasteiger charge is -2.20. The number of para-hydroxylation sites is 4. The Balaban J connectivity index is 1.06. The summed E-state index contributed by atoms with van der Waals surface area (Å²) in [5, 5.41) is 7.28. The van der Waals surface area contributed by atoms with Gasteiger partial charge in [0.2, 0.25) is 5.95 Å². The first kappa shape index (κ1) is 29.0. The molecule has 0 amide bonds. The summed E-state index contributed by atoms with van der Waals surface area (Å²) in [7, 11) is 0. The van der Waals surface area contributed by atoms with Crippen LogP contribution in [0.3, 0.4) is 0 Å². The third-order valence-corrected chi connectivity index (χ3v) is 10.9. The van der Waals surface area contributed by atoms with Gasteiger partial charge >= 0.3 is 0 Å². The van der Waals surface area contributed by atoms with Gasteiger partial charge in [0.15, 0.2) is 0 Å². The molecule has 0 fully saturated rings. The minimum atomic E-state index is 0.284. The van der Waals surface area contributed by atoms with E-state index in [4.69, 9.17) is 9.97 Å². The summed E-state index contributed by atoms with van der Waals surface area (Å²) in [6.45, 7) is 0. The summed E-state index contributed by atoms with van der Waals surface area (Å²) in [5.74, 6) is 0.962. The summed E-state index contributed by atoms with van der Waals surface area (Å²) in [6, 6.07) is 58.5. The number of fused-ring (bicyclic) bond motifs is 9. The number of nitrogens with zero attached hydrogens (tertiary/aromatic N) is 4. The quantitative estimate of drug-likeness (QED) is 0.188. The lowest BCUT2D eigenvalue weighted by atomic mass is 9.85. The Labute approximate surface area is 300 Å². The van der Waals surface area contributed by atoms with Crippen LogP contribution in [0.4, 0.5) is 0 Å². The fourth-order valence-electron chi connectivity index (χ4n) is 8.54. The van der Waals surface area contributed by atoms with E-state index < -0.39 is 0 Å². The highest BCUT2D eigenvalue weighted by molar-refractivity contribution is 6.21. The molecule has 244 valence electrons. The number of aromatic nitrogens is 4. The number of hydrogen-bond donors (Lipinski definition) is 0. The van der Waals surface area contributed by atoms with Gasteiger partial charge in [0.1, 0.15) is 0 Å². The average Bonchev–Trinajstić information content (AvgIpc) is 3.74. The second-order valence-electron chi connectivity index (χ2n) is 13.8. The highest BCUT2D eigenvalue weighted by atomic mass is 15.2. The Bertz CT molecular complexity index is 3040. The van der Waals surface area contributed by atoms with Crippen molar-refractivity contribution in [2.24, 2.45) is 0 Å². The predicted molar refractivity (Wildman–Crippen MR) is 216 cm³/mol. The first-order valence-electron chi connectivity index (χ1n) is 17.9. The maximum atomic E-state index is 5.27. The van der Waals surface area contributed by atoms with Crippen molar-refractivity contribution in [1.29, 1.82) is 0 Å². The lowest BCUT2D eigenvalue weighted by molar-refractivity contribution is 0.827. The van der Waals surface area contributed by atoms with Crippen molar-refractivity contribution in [3.05, 3.63) is 187 Å². The van der Waals surface area contributed by atoms with Crippen molar-refractivity contribution in [3.63, 3.8) is 0 Å². The minimum Gasteiger partial charge on any atom is -0.310 e. The summed E-state index contributed by atoms with van der Waals surface area (Å²) in [4.78, 5) is 10.4. The molecule has 3 heterocycles. The molecule has 0 bridgehead atoms. The van der Waals surface area contributed by atoms with E-state index in [0.29, 0.717) is 5.95 Å². The molecule has 0 N–H and O–H groups in total. The number of allylic oxidation sites excluding steroid dienone is 1. The molecule has 0 saturated carbocycles. The van der Waals surface area contributed by atoms with E-state index in [9.17, 15) is 0 Å². The van der Waals surface area contributed by atoms with Crippen LogP contribution >= 0.6 is 0 Å². The Morgan fingerprint density at radius 2 is 1.21 bits per heavy atom. The molecule has 4 nitrogen and oxygen atoms in total. The van der Waals surface area contributed by atoms with E-state index >= 15 is 0 Å². The third kappa shape index (κ3) is 4.34. The van der Waals surface area contributed by atoms with E-state index in [-0.39, 0.29) is 5.92 Å². The number of rotatable bonds is 4. The Morgan fingerprint density at radius 1 is 0.519 bits per heavy atom. The van der Waals surface area contributed by atoms with Gasteiger partial charge in [-0.3, -0.25) is 4.57 Å². The molecule has 7 aromatic carbocycles. The highest BCUT2D eigenvalue weighted by Crippen LogP contribution is 2.41. The van der Waals surface area contributed by atoms with Crippen molar-refractivity contribution in [2.45, 2.75) is 12.3 Å². The summed E-state index contributed by atoms with van der Waals surface area (Å²) < 4.78 is 4.65. The van der Waals surface area contributed by atoms with Gasteiger partial charge in [0, 0.05) is 44.4 Å². The van der Waals surface area contributed by atoms with Crippen LogP contribution in [-0.4, -0.2) is 19.1 Å². The summed E-state index contributed by atoms with van der Waals surface area (Å²) in [5.41, 5.74) is 11.6. The highest BCUT2D eigenvalue weighted by Gasteiger charge is 2.24. The van der Waals surface area contributed by atoms with E-state index in [1.54, 1.807) is 0 Å². The second kappa shape index (κ2) is 11.4. The van der Waals surface area contributed by atoms with Gasteiger partial charge in [-0.1, -0.05) is 133 Å². The van der Waals surface area contributed by atoms with Crippen molar-refractivity contribution < 1.29 is 0 Å². The smallest absolute Gasteiger partial charge is 0.235 e. The van der Waals surface area contributed by atoms with Gasteiger partial charge in [-0.25, -0.2) is 9.97 Å². The minimum absolute atomic E-state index is 0.284. The van der Waals surface area contributed by atoms with Crippen LogP contribution in [0, 0.1) is 0 Å². The van der Waals surface area contributed by atoms with Crippen LogP contribution in [0.5, 0.6) is 0 Å². The molecule has 1 aliphatic carbocycles. The SMILES string of the molecule is C1=CC(c2ccc3c(ccc4c3c3ccccc3n4-c3nc(-c4ccccc4)c4ccccc4n3)c2)Cc2c1n(-c1ccccc1)c1ccccc21. The van der Waals surface area contributed by atoms with E-state index in [2.05, 4.69) is 179 Å². The molecule has 4 heteroatoms. The Kier molecular flexibility index (Phi) is 6.34. The third-order valence-electron chi connectivity index (χ3n) is 10.9. The van der Waals surface area contributed by atoms with Gasteiger partial charge in [0.05, 0.1) is 27.8 Å². The molecule has 1 aliphatic rings. The van der Waals surface area contributed by atoms with Crippen molar-refractivity contribution in [2.75, 3.05) is 0 Å². The van der Waals surface area contributed by atoms with Crippen molar-refractivity contribution in [3.8, 4) is 22.9 Å². The largest absolute Gasteiger partial charge is 0.310 e. The van der Waals surface area contributed by atoms with E-state index in [0.717, 1.165) is 39.6 Å². The average molecular weight is 665 g/mol. The first-order valence-corrected chi connectivity index (χ1v) is 17.9. The van der Waals surface area contributed by atoms with Gasteiger partial charge in [-0.05, 0) is 70.8 Å². The normalized spacial score (nSPS) is 14.2. The maximum absolute atomic E-state index is 5.27. The molecular weight excluding hydrogens is 633 g/mol. The molecule has 10 aromatic rings. The topological polar surface area (TPSA) is 35.6 Å². The molecule has 3 aromatic heterocycles. The van der Waals surface area contributed by atoms with Gasteiger partial charge < -0.3 is 4.57 Å². The molecule has 1 atom stereocenters. The van der Waals surface area contributed by atoms with Crippen LogP contribution in [0.25, 0.3) is 83.4 Å². The summed E-state index contributed by atoms with van der Waals surface area (Å²) in [6.07, 6.45) is 5.70. The van der Waals surface area contributed by atoms with Crippen molar-refractivity contribution >= 4 is 60.5 Å². The molecule has 11 rings (SSSR count). The zero-order chi connectivity index (χ0) is 34.2. The van der Waals surface area contributed by atoms with Crippen LogP contribution in [-0.2, 0) is 6.42 Å². The fraction of sp³-hybridized carbons (Fsp3) is 0.0417. The number of benzene rings is 7. The molecule has 1 unspecified atom stereocenters. The van der Waals surface area contributed by atoms with Gasteiger partial charge in [-0.15, -0.1) is 0 Å². The van der Waals surface area contributed by atoms with Gasteiger partial charge in [-0.2, -0.15) is 0 Å². The molecule has 52 heavy (non-hydrogen) atoms. The Hall–Kier alpha value is -6.78. The lowest BCUT2D eigenvalue weighted by Crippen LogP contribution is -2.07. The summed E-state index contributed by atoms with van der Waals surface area (Å²) >= 11 is 0. The van der Waals surface area contributed by atoms with Crippen LogP contribution < -0.4 is 0 Å². The standard InChI is InChI=1S/C48H32N4/c1-3-13-31(14-4-1)47-38-18-7-10-20-41(38)49-48(50-47)52-43-22-12-9-19-39(43)46-36-26-23-32(29-34(36)25-28-45(46)52)33-24-27-44-40(30-33)37-17-8-11-21-42(37)51(44)35-15-5-2-6-16-35/h1-29,33H,30H2. The van der Waals surface area contributed by atoms with Crippen LogP contribution in [0.1, 0.15) is 22.7 Å². The molecule has 0 aliphatic heterocycles. The van der Waals surface area contributed by atoms with Gasteiger partial charge in [0.25, 0.3) is 0 Å². The zero-order valence-electron chi connectivity index (χ0n) is 28.3. The number of hydrogen-bond acceptors (Lipinski definition) is 2.